The Labute approximate surface area is 137 Å². The van der Waals surface area contributed by atoms with Gasteiger partial charge in [0.2, 0.25) is 6.41 Å². The Morgan fingerprint density at radius 3 is 2.65 bits per heavy atom. The first kappa shape index (κ1) is 16.3. The van der Waals surface area contributed by atoms with Crippen LogP contribution >= 0.6 is 0 Å². The maximum Gasteiger partial charge on any atom is 0.209 e. The molecule has 0 bridgehead atoms. The summed E-state index contributed by atoms with van der Waals surface area (Å²) in [5.41, 5.74) is 0. The van der Waals surface area contributed by atoms with Crippen molar-refractivity contribution in [2.45, 2.75) is 50.5 Å². The number of benzene rings is 1. The average molecular weight is 318 g/mol. The molecule has 1 saturated heterocycles. The van der Waals surface area contributed by atoms with Crippen LogP contribution < -0.4 is 10.1 Å². The number of amides is 1. The number of rotatable bonds is 7. The summed E-state index contributed by atoms with van der Waals surface area (Å²) < 4.78 is 12.0. The Morgan fingerprint density at radius 2 is 2.00 bits per heavy atom. The molecule has 23 heavy (non-hydrogen) atoms. The third-order valence-corrected chi connectivity index (χ3v) is 4.77. The number of carbonyl (C=O) groups is 1. The highest BCUT2D eigenvalue weighted by atomic mass is 16.5. The molecule has 0 aromatic heterocycles. The summed E-state index contributed by atoms with van der Waals surface area (Å²) in [5, 5.41) is 3.71. The van der Waals surface area contributed by atoms with Crippen LogP contribution in [0.15, 0.2) is 30.3 Å². The second kappa shape index (κ2) is 7.79. The van der Waals surface area contributed by atoms with E-state index in [2.05, 4.69) is 5.32 Å². The van der Waals surface area contributed by atoms with Crippen LogP contribution in [-0.4, -0.2) is 55.3 Å². The minimum atomic E-state index is 0.0569. The van der Waals surface area contributed by atoms with Gasteiger partial charge in [0.05, 0.1) is 6.10 Å². The van der Waals surface area contributed by atoms with E-state index in [-0.39, 0.29) is 12.2 Å². The molecule has 1 saturated carbocycles. The standard InChI is InChI=1S/C18H26N2O3/c1-2-22-17-12-16(18(17)23-15-6-4-3-5-7-15)19-14-8-10-20(13-21)11-9-14/h3-7,13-14,16-19H,2,8-12H2,1H3. The smallest absolute Gasteiger partial charge is 0.209 e. The van der Waals surface area contributed by atoms with Crippen LogP contribution in [0.2, 0.25) is 0 Å². The number of nitrogens with zero attached hydrogens (tertiary/aromatic N) is 1. The SMILES string of the molecule is CCOC1CC(NC2CCN(C=O)CC2)C1Oc1ccccc1. The number of likely N-dealkylation sites (tertiary alicyclic amines) is 1. The van der Waals surface area contributed by atoms with E-state index in [1.807, 2.05) is 42.2 Å². The van der Waals surface area contributed by atoms with Crippen LogP contribution in [0.25, 0.3) is 0 Å². The van der Waals surface area contributed by atoms with Gasteiger partial charge in [0.1, 0.15) is 11.9 Å². The Hall–Kier alpha value is -1.59. The molecular weight excluding hydrogens is 292 g/mol. The fourth-order valence-corrected chi connectivity index (χ4v) is 3.41. The first-order valence-corrected chi connectivity index (χ1v) is 8.59. The Morgan fingerprint density at radius 1 is 1.26 bits per heavy atom. The van der Waals surface area contributed by atoms with Crippen LogP contribution in [0, 0.1) is 0 Å². The third kappa shape index (κ3) is 4.03. The molecule has 3 rings (SSSR count). The number of para-hydroxylation sites is 1. The van der Waals surface area contributed by atoms with Crippen LogP contribution in [0.5, 0.6) is 5.75 Å². The van der Waals surface area contributed by atoms with Gasteiger partial charge in [-0.3, -0.25) is 4.79 Å². The first-order chi connectivity index (χ1) is 11.3. The van der Waals surface area contributed by atoms with Crippen molar-refractivity contribution >= 4 is 6.41 Å². The van der Waals surface area contributed by atoms with Crippen LogP contribution in [0.1, 0.15) is 26.2 Å². The second-order valence-corrected chi connectivity index (χ2v) is 6.31. The lowest BCUT2D eigenvalue weighted by Gasteiger charge is -2.46. The highest BCUT2D eigenvalue weighted by Gasteiger charge is 2.44. The molecule has 0 spiro atoms. The normalized spacial score (nSPS) is 28.2. The second-order valence-electron chi connectivity index (χ2n) is 6.31. The number of carbonyl (C=O) groups excluding carboxylic acids is 1. The molecule has 5 heteroatoms. The van der Waals surface area contributed by atoms with Gasteiger partial charge in [0.25, 0.3) is 0 Å². The first-order valence-electron chi connectivity index (χ1n) is 8.59. The molecule has 3 atom stereocenters. The van der Waals surface area contributed by atoms with Gasteiger partial charge >= 0.3 is 0 Å². The van der Waals surface area contributed by atoms with Crippen molar-refractivity contribution < 1.29 is 14.3 Å². The number of piperidine rings is 1. The van der Waals surface area contributed by atoms with E-state index >= 15 is 0 Å². The molecule has 1 aliphatic carbocycles. The van der Waals surface area contributed by atoms with E-state index in [0.717, 1.165) is 44.5 Å². The Balaban J connectivity index is 1.54. The van der Waals surface area contributed by atoms with Gasteiger partial charge < -0.3 is 19.7 Å². The maximum atomic E-state index is 10.8. The van der Waals surface area contributed by atoms with Crippen molar-refractivity contribution in [1.82, 2.24) is 10.2 Å². The van der Waals surface area contributed by atoms with Gasteiger partial charge in [0, 0.05) is 31.8 Å². The maximum absolute atomic E-state index is 10.8. The predicted molar refractivity (Wildman–Crippen MR) is 88.5 cm³/mol. The quantitative estimate of drug-likeness (QED) is 0.779. The van der Waals surface area contributed by atoms with E-state index in [9.17, 15) is 4.79 Å². The van der Waals surface area contributed by atoms with Crippen molar-refractivity contribution in [2.24, 2.45) is 0 Å². The molecule has 1 aromatic carbocycles. The topological polar surface area (TPSA) is 50.8 Å². The van der Waals surface area contributed by atoms with Crippen molar-refractivity contribution in [1.29, 1.82) is 0 Å². The Bertz CT molecular complexity index is 488. The zero-order valence-corrected chi connectivity index (χ0v) is 13.7. The summed E-state index contributed by atoms with van der Waals surface area (Å²) in [6.45, 7) is 4.42. The molecular formula is C18H26N2O3. The number of nitrogens with one attached hydrogen (secondary N) is 1. The van der Waals surface area contributed by atoms with Gasteiger partial charge in [-0.15, -0.1) is 0 Å². The summed E-state index contributed by atoms with van der Waals surface area (Å²) in [4.78, 5) is 12.6. The van der Waals surface area contributed by atoms with Gasteiger partial charge in [-0.05, 0) is 38.3 Å². The van der Waals surface area contributed by atoms with E-state index in [4.69, 9.17) is 9.47 Å². The monoisotopic (exact) mass is 318 g/mol. The van der Waals surface area contributed by atoms with E-state index < -0.39 is 0 Å². The van der Waals surface area contributed by atoms with E-state index in [1.54, 1.807) is 0 Å². The number of hydrogen-bond acceptors (Lipinski definition) is 4. The van der Waals surface area contributed by atoms with E-state index in [1.165, 1.54) is 0 Å². The van der Waals surface area contributed by atoms with Crippen molar-refractivity contribution in [2.75, 3.05) is 19.7 Å². The highest BCUT2D eigenvalue weighted by molar-refractivity contribution is 5.47. The summed E-state index contributed by atoms with van der Waals surface area (Å²) in [7, 11) is 0. The lowest BCUT2D eigenvalue weighted by atomic mass is 9.84. The Kier molecular flexibility index (Phi) is 5.51. The molecule has 0 radical (unpaired) electrons. The molecule has 126 valence electrons. The van der Waals surface area contributed by atoms with Gasteiger partial charge in [-0.2, -0.15) is 0 Å². The molecule has 1 amide bonds. The largest absolute Gasteiger partial charge is 0.486 e. The zero-order chi connectivity index (χ0) is 16.1. The fourth-order valence-electron chi connectivity index (χ4n) is 3.41. The van der Waals surface area contributed by atoms with Crippen molar-refractivity contribution in [3.8, 4) is 5.75 Å². The third-order valence-electron chi connectivity index (χ3n) is 4.77. The van der Waals surface area contributed by atoms with E-state index in [0.29, 0.717) is 18.7 Å². The average Bonchev–Trinajstić information content (AvgIpc) is 2.60. The molecule has 2 aliphatic rings. The minimum absolute atomic E-state index is 0.0569. The van der Waals surface area contributed by atoms with Gasteiger partial charge in [0.15, 0.2) is 0 Å². The van der Waals surface area contributed by atoms with Gasteiger partial charge in [-0.25, -0.2) is 0 Å². The molecule has 3 unspecified atom stereocenters. The zero-order valence-electron chi connectivity index (χ0n) is 13.7. The summed E-state index contributed by atoms with van der Waals surface area (Å²) in [6, 6.07) is 10.7. The number of ether oxygens (including phenoxy) is 2. The highest BCUT2D eigenvalue weighted by Crippen LogP contribution is 2.30. The molecule has 2 fully saturated rings. The summed E-state index contributed by atoms with van der Waals surface area (Å²) in [5.74, 6) is 0.893. The van der Waals surface area contributed by atoms with Gasteiger partial charge in [-0.1, -0.05) is 18.2 Å². The predicted octanol–water partition coefficient (Wildman–Crippen LogP) is 1.82. The summed E-state index contributed by atoms with van der Waals surface area (Å²) in [6.07, 6.45) is 4.17. The number of hydrogen-bond donors (Lipinski definition) is 1. The van der Waals surface area contributed by atoms with Crippen LogP contribution in [-0.2, 0) is 9.53 Å². The fraction of sp³-hybridized carbons (Fsp3) is 0.611. The van der Waals surface area contributed by atoms with Crippen molar-refractivity contribution in [3.05, 3.63) is 30.3 Å². The lowest BCUT2D eigenvalue weighted by Crippen LogP contribution is -2.64. The summed E-state index contributed by atoms with van der Waals surface area (Å²) >= 11 is 0. The molecule has 1 heterocycles. The van der Waals surface area contributed by atoms with Crippen molar-refractivity contribution in [3.63, 3.8) is 0 Å². The van der Waals surface area contributed by atoms with Crippen LogP contribution in [0.4, 0.5) is 0 Å². The minimum Gasteiger partial charge on any atom is -0.486 e. The molecule has 5 nitrogen and oxygen atoms in total. The molecule has 1 aromatic rings. The van der Waals surface area contributed by atoms with Crippen LogP contribution in [0.3, 0.4) is 0 Å². The lowest BCUT2D eigenvalue weighted by molar-refractivity contribution is -0.119. The molecule has 1 N–H and O–H groups in total. The molecule has 1 aliphatic heterocycles.